The van der Waals surface area contributed by atoms with E-state index in [-0.39, 0.29) is 11.6 Å². The van der Waals surface area contributed by atoms with Crippen molar-refractivity contribution in [2.45, 2.75) is 6.61 Å². The molecule has 0 bridgehead atoms. The zero-order valence-electron chi connectivity index (χ0n) is 11.1. The number of ether oxygens (including phenoxy) is 1. The third-order valence-corrected chi connectivity index (χ3v) is 3.32. The Labute approximate surface area is 116 Å². The number of nitrogen functional groups attached to an aromatic ring is 1. The van der Waals surface area contributed by atoms with E-state index in [1.165, 1.54) is 6.07 Å². The van der Waals surface area contributed by atoms with Gasteiger partial charge >= 0.3 is 0 Å². The predicted molar refractivity (Wildman–Crippen MR) is 78.1 cm³/mol. The van der Waals surface area contributed by atoms with Gasteiger partial charge in [-0.15, -0.1) is 0 Å². The number of nitrogens with two attached hydrogens (primary N) is 1. The van der Waals surface area contributed by atoms with Crippen molar-refractivity contribution in [3.05, 3.63) is 60.0 Å². The zero-order valence-corrected chi connectivity index (χ0v) is 11.1. The summed E-state index contributed by atoms with van der Waals surface area (Å²) >= 11 is 0. The molecule has 102 valence electrons. The van der Waals surface area contributed by atoms with Gasteiger partial charge in [-0.25, -0.2) is 4.39 Å². The third-order valence-electron chi connectivity index (χ3n) is 3.32. The molecule has 1 heterocycles. The quantitative estimate of drug-likeness (QED) is 0.740. The molecule has 0 unspecified atom stereocenters. The Morgan fingerprint density at radius 3 is 2.80 bits per heavy atom. The second kappa shape index (κ2) is 4.89. The number of rotatable bonds is 3. The molecule has 0 saturated heterocycles. The molecule has 1 aromatic heterocycles. The van der Waals surface area contributed by atoms with Crippen LogP contribution in [0.15, 0.2) is 48.7 Å². The lowest BCUT2D eigenvalue weighted by Gasteiger charge is -2.06. The van der Waals surface area contributed by atoms with Crippen LogP contribution in [0.3, 0.4) is 0 Å². The summed E-state index contributed by atoms with van der Waals surface area (Å²) in [6.45, 7) is 0.307. The van der Waals surface area contributed by atoms with E-state index in [4.69, 9.17) is 10.5 Å². The molecule has 0 atom stereocenters. The highest BCUT2D eigenvalue weighted by Crippen LogP contribution is 2.25. The van der Waals surface area contributed by atoms with Gasteiger partial charge in [-0.05, 0) is 30.3 Å². The van der Waals surface area contributed by atoms with Gasteiger partial charge in [0.05, 0.1) is 0 Å². The largest absolute Gasteiger partial charge is 0.486 e. The molecule has 2 aromatic carbocycles. The van der Waals surface area contributed by atoms with E-state index >= 15 is 0 Å². The molecule has 0 aliphatic heterocycles. The van der Waals surface area contributed by atoms with Gasteiger partial charge in [0.1, 0.15) is 6.61 Å². The fourth-order valence-electron chi connectivity index (χ4n) is 2.32. The third kappa shape index (κ3) is 2.20. The average Bonchev–Trinajstić information content (AvgIpc) is 2.74. The second-order valence-corrected chi connectivity index (χ2v) is 4.76. The Morgan fingerprint density at radius 2 is 2.00 bits per heavy atom. The molecule has 3 nitrogen and oxygen atoms in total. The normalized spacial score (nSPS) is 10.9. The van der Waals surface area contributed by atoms with Crippen molar-refractivity contribution in [3.8, 4) is 5.75 Å². The topological polar surface area (TPSA) is 40.2 Å². The Kier molecular flexibility index (Phi) is 3.06. The van der Waals surface area contributed by atoms with Gasteiger partial charge in [0, 0.05) is 35.4 Å². The lowest BCUT2D eigenvalue weighted by Crippen LogP contribution is -1.96. The molecule has 0 aliphatic rings. The lowest BCUT2D eigenvalue weighted by molar-refractivity contribution is 0.291. The zero-order chi connectivity index (χ0) is 14.1. The SMILES string of the molecule is Cn1cc(COc2ccccc2F)c2cc(N)ccc21. The molecular formula is C16H15FN2O. The van der Waals surface area contributed by atoms with Gasteiger partial charge < -0.3 is 15.0 Å². The van der Waals surface area contributed by atoms with Crippen molar-refractivity contribution in [3.63, 3.8) is 0 Å². The predicted octanol–water partition coefficient (Wildman–Crippen LogP) is 3.48. The summed E-state index contributed by atoms with van der Waals surface area (Å²) in [5.41, 5.74) is 8.59. The highest BCUT2D eigenvalue weighted by Gasteiger charge is 2.09. The van der Waals surface area contributed by atoms with Crippen LogP contribution < -0.4 is 10.5 Å². The van der Waals surface area contributed by atoms with Crippen LogP contribution in [0.2, 0.25) is 0 Å². The summed E-state index contributed by atoms with van der Waals surface area (Å²) in [4.78, 5) is 0. The minimum Gasteiger partial charge on any atom is -0.486 e. The fraction of sp³-hybridized carbons (Fsp3) is 0.125. The monoisotopic (exact) mass is 270 g/mol. The van der Waals surface area contributed by atoms with Crippen LogP contribution in [0.25, 0.3) is 10.9 Å². The minimum absolute atomic E-state index is 0.258. The molecule has 0 spiro atoms. The van der Waals surface area contributed by atoms with Crippen molar-refractivity contribution in [1.29, 1.82) is 0 Å². The van der Waals surface area contributed by atoms with Crippen molar-refractivity contribution < 1.29 is 9.13 Å². The van der Waals surface area contributed by atoms with E-state index in [9.17, 15) is 4.39 Å². The molecule has 3 rings (SSSR count). The molecule has 4 heteroatoms. The van der Waals surface area contributed by atoms with Crippen molar-refractivity contribution in [2.24, 2.45) is 7.05 Å². The second-order valence-electron chi connectivity index (χ2n) is 4.76. The first kappa shape index (κ1) is 12.5. The van der Waals surface area contributed by atoms with Crippen LogP contribution in [0.4, 0.5) is 10.1 Å². The molecule has 3 aromatic rings. The Balaban J connectivity index is 1.92. The van der Waals surface area contributed by atoms with Gasteiger partial charge in [-0.2, -0.15) is 0 Å². The maximum absolute atomic E-state index is 13.5. The minimum atomic E-state index is -0.354. The van der Waals surface area contributed by atoms with E-state index in [0.717, 1.165) is 16.5 Å². The number of aryl methyl sites for hydroxylation is 1. The summed E-state index contributed by atoms with van der Waals surface area (Å²) in [5, 5.41) is 1.03. The van der Waals surface area contributed by atoms with Gasteiger partial charge in [0.15, 0.2) is 11.6 Å². The van der Waals surface area contributed by atoms with Crippen molar-refractivity contribution in [1.82, 2.24) is 4.57 Å². The molecule has 0 fully saturated rings. The Morgan fingerprint density at radius 1 is 1.20 bits per heavy atom. The molecule has 0 amide bonds. The highest BCUT2D eigenvalue weighted by molar-refractivity contribution is 5.86. The van der Waals surface area contributed by atoms with E-state index in [1.54, 1.807) is 18.2 Å². The summed E-state index contributed by atoms with van der Waals surface area (Å²) in [5.74, 6) is -0.0966. The highest BCUT2D eigenvalue weighted by atomic mass is 19.1. The number of nitrogens with zero attached hydrogens (tertiary/aromatic N) is 1. The Bertz CT molecular complexity index is 764. The number of para-hydroxylation sites is 1. The van der Waals surface area contributed by atoms with Crippen molar-refractivity contribution >= 4 is 16.6 Å². The standard InChI is InChI=1S/C16H15FN2O/c1-19-9-11(13-8-12(18)6-7-15(13)19)10-20-16-5-3-2-4-14(16)17/h2-9H,10,18H2,1H3. The number of hydrogen-bond acceptors (Lipinski definition) is 2. The first-order valence-electron chi connectivity index (χ1n) is 6.36. The summed E-state index contributed by atoms with van der Waals surface area (Å²) in [7, 11) is 1.96. The summed E-state index contributed by atoms with van der Waals surface area (Å²) in [6, 6.07) is 12.1. The van der Waals surface area contributed by atoms with E-state index in [2.05, 4.69) is 0 Å². The average molecular weight is 270 g/mol. The van der Waals surface area contributed by atoms with Crippen LogP contribution >= 0.6 is 0 Å². The van der Waals surface area contributed by atoms with E-state index in [0.29, 0.717) is 12.3 Å². The molecule has 20 heavy (non-hydrogen) atoms. The molecule has 0 aliphatic carbocycles. The van der Waals surface area contributed by atoms with Gasteiger partial charge in [-0.3, -0.25) is 0 Å². The summed E-state index contributed by atoms with van der Waals surface area (Å²) < 4.78 is 21.1. The van der Waals surface area contributed by atoms with E-state index in [1.807, 2.05) is 36.0 Å². The lowest BCUT2D eigenvalue weighted by atomic mass is 10.1. The van der Waals surface area contributed by atoms with Crippen LogP contribution in [-0.4, -0.2) is 4.57 Å². The van der Waals surface area contributed by atoms with Gasteiger partial charge in [0.2, 0.25) is 0 Å². The fourth-order valence-corrected chi connectivity index (χ4v) is 2.32. The first-order chi connectivity index (χ1) is 9.65. The number of fused-ring (bicyclic) bond motifs is 1. The van der Waals surface area contributed by atoms with E-state index < -0.39 is 0 Å². The van der Waals surface area contributed by atoms with Gasteiger partial charge in [0.25, 0.3) is 0 Å². The number of hydrogen-bond donors (Lipinski definition) is 1. The van der Waals surface area contributed by atoms with Gasteiger partial charge in [-0.1, -0.05) is 12.1 Å². The summed E-state index contributed by atoms with van der Waals surface area (Å²) in [6.07, 6.45) is 1.98. The smallest absolute Gasteiger partial charge is 0.165 e. The molecule has 0 saturated carbocycles. The Hall–Kier alpha value is -2.49. The van der Waals surface area contributed by atoms with Crippen LogP contribution in [-0.2, 0) is 13.7 Å². The molecule has 2 N–H and O–H groups in total. The first-order valence-corrected chi connectivity index (χ1v) is 6.36. The number of aromatic nitrogens is 1. The maximum atomic E-state index is 13.5. The van der Waals surface area contributed by atoms with Crippen LogP contribution in [0, 0.1) is 5.82 Å². The number of halogens is 1. The molecular weight excluding hydrogens is 255 g/mol. The van der Waals surface area contributed by atoms with Crippen molar-refractivity contribution in [2.75, 3.05) is 5.73 Å². The van der Waals surface area contributed by atoms with Crippen LogP contribution in [0.5, 0.6) is 5.75 Å². The molecule has 0 radical (unpaired) electrons. The number of anilines is 1. The maximum Gasteiger partial charge on any atom is 0.165 e. The number of benzene rings is 2. The van der Waals surface area contributed by atoms with Crippen LogP contribution in [0.1, 0.15) is 5.56 Å².